The van der Waals surface area contributed by atoms with Crippen LogP contribution in [0.3, 0.4) is 0 Å². The van der Waals surface area contributed by atoms with Crippen LogP contribution >= 0.6 is 23.2 Å². The number of hydrogen-bond acceptors (Lipinski definition) is 5. The topological polar surface area (TPSA) is 72.2 Å². The number of aromatic nitrogens is 3. The standard InChI is InChI=1S/C22H23Cl2N5O2/c23-18-9-14(11-26-21(18)24)10-25-16-5-7-27(8-6-16)12-17-13-28-19(30)3-1-15-2-4-20(31)29(17)22(15)28/h1-4,9,11,16-17,25H,5-8,10,12-13H2/t17-/m1/s1. The summed E-state index contributed by atoms with van der Waals surface area (Å²) in [5, 5.41) is 5.30. The summed E-state index contributed by atoms with van der Waals surface area (Å²) in [6.45, 7) is 3.92. The summed E-state index contributed by atoms with van der Waals surface area (Å²) in [5.74, 6) is 0. The van der Waals surface area contributed by atoms with Gasteiger partial charge in [0.05, 0.1) is 11.1 Å². The number of nitrogens with zero attached hydrogens (tertiary/aromatic N) is 4. The molecule has 3 aromatic heterocycles. The molecule has 5 heterocycles. The normalized spacial score (nSPS) is 19.4. The van der Waals surface area contributed by atoms with Crippen molar-refractivity contribution in [3.05, 3.63) is 73.0 Å². The molecular weight excluding hydrogens is 437 g/mol. The summed E-state index contributed by atoms with van der Waals surface area (Å²) in [6.07, 6.45) is 3.79. The quantitative estimate of drug-likeness (QED) is 0.593. The third-order valence-electron chi connectivity index (χ3n) is 6.32. The van der Waals surface area contributed by atoms with E-state index in [2.05, 4.69) is 15.2 Å². The highest BCUT2D eigenvalue weighted by Gasteiger charge is 2.29. The molecule has 1 N–H and O–H groups in total. The van der Waals surface area contributed by atoms with E-state index in [1.54, 1.807) is 39.6 Å². The molecule has 31 heavy (non-hydrogen) atoms. The number of halogens is 2. The Morgan fingerprint density at radius 2 is 1.81 bits per heavy atom. The monoisotopic (exact) mass is 459 g/mol. The second-order valence-electron chi connectivity index (χ2n) is 8.33. The molecule has 0 aromatic carbocycles. The van der Waals surface area contributed by atoms with E-state index in [4.69, 9.17) is 23.2 Å². The molecule has 162 valence electrons. The zero-order valence-corrected chi connectivity index (χ0v) is 18.4. The molecule has 3 aromatic rings. The van der Waals surface area contributed by atoms with Gasteiger partial charge in [-0.3, -0.25) is 18.7 Å². The van der Waals surface area contributed by atoms with Crippen molar-refractivity contribution in [2.24, 2.45) is 0 Å². The fraction of sp³-hybridized carbons (Fsp3) is 0.409. The Morgan fingerprint density at radius 3 is 2.55 bits per heavy atom. The molecule has 1 saturated heterocycles. The molecule has 2 aliphatic rings. The van der Waals surface area contributed by atoms with E-state index in [-0.39, 0.29) is 17.2 Å². The number of piperidine rings is 1. The molecule has 0 radical (unpaired) electrons. The molecule has 7 nitrogen and oxygen atoms in total. The van der Waals surface area contributed by atoms with E-state index >= 15 is 0 Å². The van der Waals surface area contributed by atoms with Gasteiger partial charge in [0.2, 0.25) is 0 Å². The van der Waals surface area contributed by atoms with Gasteiger partial charge in [-0.05, 0) is 49.7 Å². The van der Waals surface area contributed by atoms with Crippen molar-refractivity contribution in [3.8, 4) is 0 Å². The van der Waals surface area contributed by atoms with Crippen LogP contribution in [0.4, 0.5) is 0 Å². The van der Waals surface area contributed by atoms with Crippen LogP contribution in [0.1, 0.15) is 24.4 Å². The second-order valence-corrected chi connectivity index (χ2v) is 9.09. The van der Waals surface area contributed by atoms with Gasteiger partial charge in [-0.1, -0.05) is 23.2 Å². The number of hydrogen-bond donors (Lipinski definition) is 1. The van der Waals surface area contributed by atoms with Crippen molar-refractivity contribution in [1.82, 2.24) is 24.3 Å². The lowest BCUT2D eigenvalue weighted by atomic mass is 10.0. The van der Waals surface area contributed by atoms with Gasteiger partial charge in [0, 0.05) is 49.4 Å². The molecule has 0 saturated carbocycles. The fourth-order valence-corrected chi connectivity index (χ4v) is 5.02. The number of nitrogens with one attached hydrogen (secondary N) is 1. The Labute approximate surface area is 189 Å². The van der Waals surface area contributed by atoms with E-state index in [0.717, 1.165) is 49.1 Å². The van der Waals surface area contributed by atoms with Gasteiger partial charge in [-0.15, -0.1) is 0 Å². The first kappa shape index (κ1) is 20.7. The maximum atomic E-state index is 12.6. The number of pyridine rings is 3. The van der Waals surface area contributed by atoms with E-state index in [1.165, 1.54) is 0 Å². The molecule has 2 aliphatic heterocycles. The van der Waals surface area contributed by atoms with Crippen LogP contribution in [0, 0.1) is 0 Å². The first-order chi connectivity index (χ1) is 15.0. The molecule has 5 rings (SSSR count). The Bertz CT molecular complexity index is 1240. The van der Waals surface area contributed by atoms with E-state index in [9.17, 15) is 9.59 Å². The molecule has 1 fully saturated rings. The van der Waals surface area contributed by atoms with Crippen LogP contribution in [0.25, 0.3) is 11.0 Å². The predicted octanol–water partition coefficient (Wildman–Crippen LogP) is 2.67. The molecular formula is C22H23Cl2N5O2. The minimum atomic E-state index is -0.0472. The maximum absolute atomic E-state index is 12.6. The summed E-state index contributed by atoms with van der Waals surface area (Å²) >= 11 is 11.9. The van der Waals surface area contributed by atoms with Crippen LogP contribution in [0.2, 0.25) is 10.2 Å². The van der Waals surface area contributed by atoms with E-state index in [1.807, 2.05) is 6.07 Å². The lowest BCUT2D eigenvalue weighted by molar-refractivity contribution is 0.171. The molecule has 0 aliphatic carbocycles. The third kappa shape index (κ3) is 4.03. The van der Waals surface area contributed by atoms with Crippen molar-refractivity contribution < 1.29 is 0 Å². The van der Waals surface area contributed by atoms with Crippen molar-refractivity contribution in [3.63, 3.8) is 0 Å². The Kier molecular flexibility index (Phi) is 5.60. The van der Waals surface area contributed by atoms with Crippen LogP contribution in [0.15, 0.2) is 46.1 Å². The van der Waals surface area contributed by atoms with Gasteiger partial charge in [0.25, 0.3) is 11.1 Å². The smallest absolute Gasteiger partial charge is 0.252 e. The second kappa shape index (κ2) is 8.39. The zero-order valence-electron chi connectivity index (χ0n) is 16.9. The molecule has 0 spiro atoms. The Balaban J connectivity index is 1.21. The third-order valence-corrected chi connectivity index (χ3v) is 7.01. The molecule has 0 unspecified atom stereocenters. The Morgan fingerprint density at radius 1 is 1.06 bits per heavy atom. The average molecular weight is 460 g/mol. The summed E-state index contributed by atoms with van der Waals surface area (Å²) in [5.41, 5.74) is 1.67. The first-order valence-corrected chi connectivity index (χ1v) is 11.3. The van der Waals surface area contributed by atoms with Crippen LogP contribution in [0.5, 0.6) is 0 Å². The lowest BCUT2D eigenvalue weighted by Gasteiger charge is -2.34. The van der Waals surface area contributed by atoms with Crippen molar-refractivity contribution in [2.75, 3.05) is 19.6 Å². The highest BCUT2D eigenvalue weighted by Crippen LogP contribution is 2.25. The Hall–Kier alpha value is -2.19. The van der Waals surface area contributed by atoms with Crippen LogP contribution in [-0.4, -0.2) is 44.7 Å². The van der Waals surface area contributed by atoms with Crippen molar-refractivity contribution in [1.29, 1.82) is 0 Å². The van der Waals surface area contributed by atoms with Gasteiger partial charge >= 0.3 is 0 Å². The predicted molar refractivity (Wildman–Crippen MR) is 122 cm³/mol. The fourth-order valence-electron chi connectivity index (χ4n) is 4.73. The SMILES string of the molecule is O=c1ccc2ccc(=O)n3c2n1C[C@H]3CN1CCC(NCc2cnc(Cl)c(Cl)c2)CC1. The number of rotatable bonds is 5. The summed E-state index contributed by atoms with van der Waals surface area (Å²) in [7, 11) is 0. The first-order valence-electron chi connectivity index (χ1n) is 10.5. The van der Waals surface area contributed by atoms with Gasteiger partial charge < -0.3 is 10.2 Å². The molecule has 0 amide bonds. The van der Waals surface area contributed by atoms with Gasteiger partial charge in [0.15, 0.2) is 0 Å². The molecule has 0 bridgehead atoms. The average Bonchev–Trinajstić information content (AvgIpc) is 3.15. The summed E-state index contributed by atoms with van der Waals surface area (Å²) < 4.78 is 3.54. The minimum absolute atomic E-state index is 0.0157. The highest BCUT2D eigenvalue weighted by molar-refractivity contribution is 6.41. The maximum Gasteiger partial charge on any atom is 0.252 e. The largest absolute Gasteiger partial charge is 0.310 e. The van der Waals surface area contributed by atoms with Crippen LogP contribution < -0.4 is 16.4 Å². The van der Waals surface area contributed by atoms with E-state index in [0.29, 0.717) is 29.3 Å². The zero-order chi connectivity index (χ0) is 21.5. The van der Waals surface area contributed by atoms with Crippen molar-refractivity contribution >= 4 is 34.2 Å². The molecule has 1 atom stereocenters. The minimum Gasteiger partial charge on any atom is -0.310 e. The van der Waals surface area contributed by atoms with Crippen molar-refractivity contribution in [2.45, 2.75) is 38.0 Å². The van der Waals surface area contributed by atoms with E-state index < -0.39 is 0 Å². The van der Waals surface area contributed by atoms with Gasteiger partial charge in [0.1, 0.15) is 10.8 Å². The summed E-state index contributed by atoms with van der Waals surface area (Å²) in [6, 6.07) is 9.03. The van der Waals surface area contributed by atoms with Gasteiger partial charge in [-0.25, -0.2) is 4.98 Å². The van der Waals surface area contributed by atoms with Crippen LogP contribution in [-0.2, 0) is 13.1 Å². The highest BCUT2D eigenvalue weighted by atomic mass is 35.5. The molecule has 9 heteroatoms. The lowest BCUT2D eigenvalue weighted by Crippen LogP contribution is -2.44. The summed E-state index contributed by atoms with van der Waals surface area (Å²) in [4.78, 5) is 31.4. The number of likely N-dealkylation sites (tertiary alicyclic amines) is 1. The van der Waals surface area contributed by atoms with Gasteiger partial charge in [-0.2, -0.15) is 0 Å².